The highest BCUT2D eigenvalue weighted by molar-refractivity contribution is 5.84. The van der Waals surface area contributed by atoms with E-state index < -0.39 is 17.8 Å². The van der Waals surface area contributed by atoms with Crippen molar-refractivity contribution in [1.29, 1.82) is 0 Å². The lowest BCUT2D eigenvalue weighted by atomic mass is 9.95. The predicted molar refractivity (Wildman–Crippen MR) is 59.5 cm³/mol. The molecule has 0 radical (unpaired) electrons. The van der Waals surface area contributed by atoms with Gasteiger partial charge in [-0.1, -0.05) is 13.8 Å². The summed E-state index contributed by atoms with van der Waals surface area (Å²) in [7, 11) is 0. The number of carbonyl (C=O) groups excluding carboxylic acids is 1. The molecule has 0 aliphatic carbocycles. The van der Waals surface area contributed by atoms with Gasteiger partial charge in [0.1, 0.15) is 0 Å². The van der Waals surface area contributed by atoms with Gasteiger partial charge in [0.2, 0.25) is 5.91 Å². The fourth-order valence-electron chi connectivity index (χ4n) is 1.47. The Hall–Kier alpha value is -1.14. The van der Waals surface area contributed by atoms with Crippen molar-refractivity contribution in [3.8, 4) is 0 Å². The first kappa shape index (κ1) is 13.9. The minimum Gasteiger partial charge on any atom is -0.481 e. The van der Waals surface area contributed by atoms with Gasteiger partial charge in [-0.3, -0.25) is 9.59 Å². The van der Waals surface area contributed by atoms with Gasteiger partial charge < -0.3 is 19.9 Å². The van der Waals surface area contributed by atoms with E-state index in [4.69, 9.17) is 14.6 Å². The molecule has 2 N–H and O–H groups in total. The lowest BCUT2D eigenvalue weighted by Gasteiger charge is -2.24. The second-order valence-corrected chi connectivity index (χ2v) is 4.23. The Labute approximate surface area is 100 Å². The Morgan fingerprint density at radius 3 is 2.59 bits per heavy atom. The first-order valence-electron chi connectivity index (χ1n) is 5.72. The highest BCUT2D eigenvalue weighted by atomic mass is 16.6. The molecule has 6 nitrogen and oxygen atoms in total. The first-order valence-corrected chi connectivity index (χ1v) is 5.72. The third kappa shape index (κ3) is 4.32. The largest absolute Gasteiger partial charge is 0.481 e. The molecule has 0 aromatic carbocycles. The molecule has 0 aromatic rings. The highest BCUT2D eigenvalue weighted by Gasteiger charge is 2.26. The van der Waals surface area contributed by atoms with Gasteiger partial charge in [0.25, 0.3) is 0 Å². The first-order chi connectivity index (χ1) is 8.02. The smallest absolute Gasteiger partial charge is 0.307 e. The molecule has 1 heterocycles. The number of rotatable bonds is 5. The zero-order valence-corrected chi connectivity index (χ0v) is 10.1. The van der Waals surface area contributed by atoms with E-state index in [0.29, 0.717) is 26.4 Å². The number of amides is 1. The number of carboxylic acid groups (broad SMARTS) is 1. The summed E-state index contributed by atoms with van der Waals surface area (Å²) in [5.74, 6) is -2.49. The molecular formula is C11H19NO5. The van der Waals surface area contributed by atoms with Gasteiger partial charge in [-0.15, -0.1) is 0 Å². The molecule has 98 valence electrons. The Balaban J connectivity index is 2.30. The summed E-state index contributed by atoms with van der Waals surface area (Å²) in [4.78, 5) is 22.4. The minimum absolute atomic E-state index is 0.139. The van der Waals surface area contributed by atoms with Crippen LogP contribution < -0.4 is 5.32 Å². The zero-order valence-electron chi connectivity index (χ0n) is 10.1. The molecule has 6 heteroatoms. The van der Waals surface area contributed by atoms with Crippen LogP contribution in [0, 0.1) is 11.8 Å². The van der Waals surface area contributed by atoms with Crippen LogP contribution in [0.4, 0.5) is 0 Å². The van der Waals surface area contributed by atoms with Crippen LogP contribution >= 0.6 is 0 Å². The average molecular weight is 245 g/mol. The molecule has 3 atom stereocenters. The van der Waals surface area contributed by atoms with Gasteiger partial charge in [0, 0.05) is 12.5 Å². The second kappa shape index (κ2) is 6.56. The quantitative estimate of drug-likeness (QED) is 0.705. The number of carbonyl (C=O) groups is 2. The number of aliphatic carboxylic acids is 1. The standard InChI is InChI=1S/C11H19NO5/c1-7(8(2)11(14)15)10(13)12-5-9-6-16-3-4-17-9/h7-9H,3-6H2,1-2H3,(H,12,13)(H,14,15). The normalized spacial score (nSPS) is 23.8. The van der Waals surface area contributed by atoms with Gasteiger partial charge in [0.15, 0.2) is 0 Å². The monoisotopic (exact) mass is 245 g/mol. The lowest BCUT2D eigenvalue weighted by Crippen LogP contribution is -2.43. The van der Waals surface area contributed by atoms with Crippen molar-refractivity contribution >= 4 is 11.9 Å². The Morgan fingerprint density at radius 2 is 2.06 bits per heavy atom. The van der Waals surface area contributed by atoms with Crippen molar-refractivity contribution in [3.63, 3.8) is 0 Å². The highest BCUT2D eigenvalue weighted by Crippen LogP contribution is 2.11. The number of hydrogen-bond donors (Lipinski definition) is 2. The molecule has 1 rings (SSSR count). The summed E-state index contributed by atoms with van der Waals surface area (Å²) in [5.41, 5.74) is 0. The van der Waals surface area contributed by atoms with Gasteiger partial charge in [-0.2, -0.15) is 0 Å². The maximum atomic E-state index is 11.7. The minimum atomic E-state index is -0.968. The Morgan fingerprint density at radius 1 is 1.35 bits per heavy atom. The summed E-state index contributed by atoms with van der Waals surface area (Å²) in [6.07, 6.45) is -0.139. The van der Waals surface area contributed by atoms with Gasteiger partial charge in [-0.25, -0.2) is 0 Å². The van der Waals surface area contributed by atoms with Crippen molar-refractivity contribution in [2.75, 3.05) is 26.4 Å². The van der Waals surface area contributed by atoms with Crippen LogP contribution in [0.1, 0.15) is 13.8 Å². The number of nitrogens with one attached hydrogen (secondary N) is 1. The molecule has 1 aliphatic rings. The van der Waals surface area contributed by atoms with Crippen LogP contribution in [0.2, 0.25) is 0 Å². The fourth-order valence-corrected chi connectivity index (χ4v) is 1.47. The molecule has 17 heavy (non-hydrogen) atoms. The molecule has 0 spiro atoms. The van der Waals surface area contributed by atoms with E-state index in [9.17, 15) is 9.59 Å². The van der Waals surface area contributed by atoms with E-state index in [2.05, 4.69) is 5.32 Å². The van der Waals surface area contributed by atoms with E-state index in [1.807, 2.05) is 0 Å². The summed E-state index contributed by atoms with van der Waals surface area (Å²) in [6, 6.07) is 0. The van der Waals surface area contributed by atoms with Crippen LogP contribution in [-0.2, 0) is 19.1 Å². The zero-order chi connectivity index (χ0) is 12.8. The van der Waals surface area contributed by atoms with Crippen LogP contribution in [0.25, 0.3) is 0 Å². The second-order valence-electron chi connectivity index (χ2n) is 4.23. The van der Waals surface area contributed by atoms with E-state index in [1.165, 1.54) is 6.92 Å². The molecule has 1 fully saturated rings. The SMILES string of the molecule is CC(C(=O)O)C(C)C(=O)NCC1COCCO1. The summed E-state index contributed by atoms with van der Waals surface area (Å²) < 4.78 is 10.6. The molecule has 3 unspecified atom stereocenters. The third-order valence-corrected chi connectivity index (χ3v) is 2.94. The van der Waals surface area contributed by atoms with Gasteiger partial charge in [0.05, 0.1) is 31.8 Å². The van der Waals surface area contributed by atoms with E-state index >= 15 is 0 Å². The molecule has 1 saturated heterocycles. The molecule has 0 aromatic heterocycles. The van der Waals surface area contributed by atoms with Crippen molar-refractivity contribution < 1.29 is 24.2 Å². The fraction of sp³-hybridized carbons (Fsp3) is 0.818. The van der Waals surface area contributed by atoms with Crippen molar-refractivity contribution in [3.05, 3.63) is 0 Å². The van der Waals surface area contributed by atoms with E-state index in [0.717, 1.165) is 0 Å². The maximum Gasteiger partial charge on any atom is 0.307 e. The van der Waals surface area contributed by atoms with Crippen molar-refractivity contribution in [2.45, 2.75) is 20.0 Å². The van der Waals surface area contributed by atoms with Gasteiger partial charge >= 0.3 is 5.97 Å². The summed E-state index contributed by atoms with van der Waals surface area (Å²) in [6.45, 7) is 5.05. The number of carboxylic acids is 1. The third-order valence-electron chi connectivity index (χ3n) is 2.94. The van der Waals surface area contributed by atoms with E-state index in [1.54, 1.807) is 6.92 Å². The van der Waals surface area contributed by atoms with Crippen LogP contribution in [-0.4, -0.2) is 49.5 Å². The van der Waals surface area contributed by atoms with Crippen molar-refractivity contribution in [2.24, 2.45) is 11.8 Å². The Kier molecular flexibility index (Phi) is 5.37. The van der Waals surface area contributed by atoms with Gasteiger partial charge in [-0.05, 0) is 0 Å². The summed E-state index contributed by atoms with van der Waals surface area (Å²) >= 11 is 0. The number of ether oxygens (including phenoxy) is 2. The topological polar surface area (TPSA) is 84.9 Å². The van der Waals surface area contributed by atoms with Crippen LogP contribution in [0.5, 0.6) is 0 Å². The van der Waals surface area contributed by atoms with Crippen LogP contribution in [0.15, 0.2) is 0 Å². The molecule has 0 bridgehead atoms. The number of hydrogen-bond acceptors (Lipinski definition) is 4. The average Bonchev–Trinajstić information content (AvgIpc) is 2.35. The van der Waals surface area contributed by atoms with Crippen LogP contribution in [0.3, 0.4) is 0 Å². The van der Waals surface area contributed by atoms with Crippen molar-refractivity contribution in [1.82, 2.24) is 5.32 Å². The lowest BCUT2D eigenvalue weighted by molar-refractivity contribution is -0.146. The molecule has 1 amide bonds. The predicted octanol–water partition coefficient (Wildman–Crippen LogP) is -0.125. The maximum absolute atomic E-state index is 11.7. The molecular weight excluding hydrogens is 226 g/mol. The Bertz CT molecular complexity index is 275. The van der Waals surface area contributed by atoms with E-state index in [-0.39, 0.29) is 12.0 Å². The molecule has 1 aliphatic heterocycles. The molecule has 0 saturated carbocycles. The summed E-state index contributed by atoms with van der Waals surface area (Å²) in [5, 5.41) is 11.5.